The van der Waals surface area contributed by atoms with Crippen LogP contribution in [-0.4, -0.2) is 16.1 Å². The van der Waals surface area contributed by atoms with Crippen molar-refractivity contribution >= 4 is 49.7 Å². The van der Waals surface area contributed by atoms with E-state index in [1.54, 1.807) is 16.8 Å². The maximum atomic E-state index is 10.8. The number of carbonyl (C=O) groups excluding carboxylic acids is 1. The highest BCUT2D eigenvalue weighted by molar-refractivity contribution is 9.11. The average molecular weight is 364 g/mol. The summed E-state index contributed by atoms with van der Waals surface area (Å²) in [5, 5.41) is 4.80. The summed E-state index contributed by atoms with van der Waals surface area (Å²) in [6.45, 7) is 0. The fourth-order valence-corrected chi connectivity index (χ4v) is 2.72. The van der Waals surface area contributed by atoms with Gasteiger partial charge in [-0.05, 0) is 50.1 Å². The first-order valence-electron chi connectivity index (χ1n) is 4.28. The van der Waals surface area contributed by atoms with Gasteiger partial charge in [-0.25, -0.2) is 4.68 Å². The van der Waals surface area contributed by atoms with Gasteiger partial charge in [0.2, 0.25) is 0 Å². The van der Waals surface area contributed by atoms with E-state index in [0.717, 1.165) is 12.0 Å². The second-order valence-corrected chi connectivity index (χ2v) is 4.94. The molecule has 0 bridgehead atoms. The molecule has 0 fully saturated rings. The maximum Gasteiger partial charge on any atom is 0.155 e. The molecule has 2 aromatic rings. The smallest absolute Gasteiger partial charge is 0.155 e. The van der Waals surface area contributed by atoms with Crippen molar-refractivity contribution in [2.24, 2.45) is 0 Å². The molecule has 0 amide bonds. The fourth-order valence-electron chi connectivity index (χ4n) is 1.26. The Labute approximate surface area is 114 Å². The Kier molecular flexibility index (Phi) is 3.47. The summed E-state index contributed by atoms with van der Waals surface area (Å²) < 4.78 is 2.69. The number of aldehydes is 1. The number of aromatic nitrogens is 2. The van der Waals surface area contributed by atoms with E-state index in [4.69, 9.17) is 11.6 Å². The minimum Gasteiger partial charge on any atom is -0.298 e. The van der Waals surface area contributed by atoms with Crippen molar-refractivity contribution in [3.8, 4) is 5.69 Å². The quantitative estimate of drug-likeness (QED) is 0.759. The molecule has 1 heterocycles. The highest BCUT2D eigenvalue weighted by Gasteiger charge is 2.14. The highest BCUT2D eigenvalue weighted by atomic mass is 79.9. The number of hydrogen-bond acceptors (Lipinski definition) is 2. The zero-order chi connectivity index (χ0) is 11.7. The average Bonchev–Trinajstić information content (AvgIpc) is 2.54. The number of halogens is 3. The van der Waals surface area contributed by atoms with Crippen LogP contribution in [-0.2, 0) is 0 Å². The predicted octanol–water partition coefficient (Wildman–Crippen LogP) is 3.86. The van der Waals surface area contributed by atoms with Gasteiger partial charge in [0.05, 0.1) is 11.3 Å². The van der Waals surface area contributed by atoms with Crippen LogP contribution < -0.4 is 0 Å². The summed E-state index contributed by atoms with van der Waals surface area (Å²) in [6, 6.07) is 7.21. The topological polar surface area (TPSA) is 34.9 Å². The molecule has 0 atom stereocenters. The minimum absolute atomic E-state index is 0.472. The van der Waals surface area contributed by atoms with Crippen molar-refractivity contribution < 1.29 is 4.79 Å². The van der Waals surface area contributed by atoms with Crippen LogP contribution in [0.1, 0.15) is 10.4 Å². The Bertz CT molecular complexity index is 554. The van der Waals surface area contributed by atoms with E-state index in [0.29, 0.717) is 19.8 Å². The Morgan fingerprint density at radius 3 is 2.69 bits per heavy atom. The molecular weight excluding hydrogens is 359 g/mol. The number of nitrogens with zero attached hydrogens (tertiary/aromatic N) is 2. The van der Waals surface area contributed by atoms with Crippen LogP contribution in [0.25, 0.3) is 5.69 Å². The molecular formula is C10H5Br2ClN2O. The third-order valence-electron chi connectivity index (χ3n) is 1.99. The SMILES string of the molecule is O=Cc1c(Br)nn(-c2cccc(Cl)c2)c1Br. The lowest BCUT2D eigenvalue weighted by Gasteiger charge is -2.02. The second kappa shape index (κ2) is 4.69. The third-order valence-corrected chi connectivity index (χ3v) is 3.57. The van der Waals surface area contributed by atoms with Crippen molar-refractivity contribution in [3.63, 3.8) is 0 Å². The lowest BCUT2D eigenvalue weighted by Crippen LogP contribution is -1.96. The molecule has 1 aromatic heterocycles. The van der Waals surface area contributed by atoms with Crippen LogP contribution in [0.5, 0.6) is 0 Å². The van der Waals surface area contributed by atoms with Crippen LogP contribution in [0.2, 0.25) is 5.02 Å². The standard InChI is InChI=1S/C10H5Br2ClN2O/c11-9-8(5-16)10(12)15(14-9)7-3-1-2-6(13)4-7/h1-5H. The molecule has 0 aliphatic heterocycles. The van der Waals surface area contributed by atoms with Gasteiger partial charge in [-0.2, -0.15) is 5.10 Å². The summed E-state index contributed by atoms with van der Waals surface area (Å²) >= 11 is 12.4. The Morgan fingerprint density at radius 2 is 2.12 bits per heavy atom. The largest absolute Gasteiger partial charge is 0.298 e. The van der Waals surface area contributed by atoms with Crippen molar-refractivity contribution in [2.45, 2.75) is 0 Å². The van der Waals surface area contributed by atoms with E-state index in [-0.39, 0.29) is 0 Å². The lowest BCUT2D eigenvalue weighted by molar-refractivity contribution is 0.112. The van der Waals surface area contributed by atoms with Gasteiger partial charge in [0.15, 0.2) is 6.29 Å². The molecule has 0 radical (unpaired) electrons. The highest BCUT2D eigenvalue weighted by Crippen LogP contribution is 2.27. The summed E-state index contributed by atoms with van der Waals surface area (Å²) in [7, 11) is 0. The third kappa shape index (κ3) is 2.07. The molecule has 1 aromatic carbocycles. The number of carbonyl (C=O) groups is 1. The van der Waals surface area contributed by atoms with Crippen LogP contribution in [0.15, 0.2) is 33.5 Å². The zero-order valence-corrected chi connectivity index (χ0v) is 11.8. The molecule has 82 valence electrons. The van der Waals surface area contributed by atoms with Gasteiger partial charge in [-0.15, -0.1) is 0 Å². The second-order valence-electron chi connectivity index (χ2n) is 3.00. The molecule has 0 unspecified atom stereocenters. The molecule has 16 heavy (non-hydrogen) atoms. The Morgan fingerprint density at radius 1 is 1.38 bits per heavy atom. The molecule has 0 saturated heterocycles. The van der Waals surface area contributed by atoms with E-state index >= 15 is 0 Å². The van der Waals surface area contributed by atoms with E-state index in [1.807, 2.05) is 12.1 Å². The molecule has 6 heteroatoms. The van der Waals surface area contributed by atoms with Gasteiger partial charge in [0, 0.05) is 5.02 Å². The van der Waals surface area contributed by atoms with E-state index < -0.39 is 0 Å². The molecule has 2 rings (SSSR count). The first kappa shape index (κ1) is 11.8. The first-order chi connectivity index (χ1) is 7.63. The predicted molar refractivity (Wildman–Crippen MR) is 69.4 cm³/mol. The van der Waals surface area contributed by atoms with Crippen molar-refractivity contribution in [2.75, 3.05) is 0 Å². The monoisotopic (exact) mass is 362 g/mol. The number of rotatable bonds is 2. The number of hydrogen-bond donors (Lipinski definition) is 0. The van der Waals surface area contributed by atoms with Crippen molar-refractivity contribution in [3.05, 3.63) is 44.1 Å². The summed E-state index contributed by atoms with van der Waals surface area (Å²) in [5.74, 6) is 0. The Hall–Kier alpha value is -0.650. The summed E-state index contributed by atoms with van der Waals surface area (Å²) in [5.41, 5.74) is 1.26. The molecule has 0 N–H and O–H groups in total. The molecule has 0 saturated carbocycles. The van der Waals surface area contributed by atoms with Crippen LogP contribution in [0, 0.1) is 0 Å². The van der Waals surface area contributed by atoms with Gasteiger partial charge >= 0.3 is 0 Å². The van der Waals surface area contributed by atoms with Crippen molar-refractivity contribution in [1.29, 1.82) is 0 Å². The van der Waals surface area contributed by atoms with Gasteiger partial charge in [-0.3, -0.25) is 4.79 Å². The maximum absolute atomic E-state index is 10.8. The molecule has 0 aliphatic carbocycles. The fraction of sp³-hybridized carbons (Fsp3) is 0. The van der Waals surface area contributed by atoms with Gasteiger partial charge in [0.25, 0.3) is 0 Å². The van der Waals surface area contributed by atoms with E-state index in [9.17, 15) is 4.79 Å². The van der Waals surface area contributed by atoms with Gasteiger partial charge in [0.1, 0.15) is 9.21 Å². The molecule has 3 nitrogen and oxygen atoms in total. The summed E-state index contributed by atoms with van der Waals surface area (Å²) in [6.07, 6.45) is 0.738. The van der Waals surface area contributed by atoms with Crippen LogP contribution in [0.3, 0.4) is 0 Å². The zero-order valence-electron chi connectivity index (χ0n) is 7.82. The molecule has 0 spiro atoms. The van der Waals surface area contributed by atoms with Gasteiger partial charge in [-0.1, -0.05) is 17.7 Å². The molecule has 0 aliphatic rings. The number of benzene rings is 1. The van der Waals surface area contributed by atoms with Crippen molar-refractivity contribution in [1.82, 2.24) is 9.78 Å². The minimum atomic E-state index is 0.472. The lowest BCUT2D eigenvalue weighted by atomic mass is 10.3. The van der Waals surface area contributed by atoms with E-state index in [2.05, 4.69) is 37.0 Å². The van der Waals surface area contributed by atoms with Crippen LogP contribution in [0.4, 0.5) is 0 Å². The summed E-state index contributed by atoms with van der Waals surface area (Å²) in [4.78, 5) is 10.8. The first-order valence-corrected chi connectivity index (χ1v) is 6.25. The van der Waals surface area contributed by atoms with E-state index in [1.165, 1.54) is 0 Å². The Balaban J connectivity index is 2.61. The van der Waals surface area contributed by atoms with Gasteiger partial charge < -0.3 is 0 Å². The van der Waals surface area contributed by atoms with Crippen LogP contribution >= 0.6 is 43.5 Å². The normalized spacial score (nSPS) is 10.4.